The van der Waals surface area contributed by atoms with Gasteiger partial charge < -0.3 is 50.5 Å². The van der Waals surface area contributed by atoms with Gasteiger partial charge in [-0.2, -0.15) is 0 Å². The molecule has 0 saturated carbocycles. The van der Waals surface area contributed by atoms with Gasteiger partial charge in [0.1, 0.15) is 36.6 Å². The highest BCUT2D eigenvalue weighted by molar-refractivity contribution is 5.80. The molecule has 9 atom stereocenters. The van der Waals surface area contributed by atoms with E-state index in [9.17, 15) is 40.5 Å². The van der Waals surface area contributed by atoms with E-state index in [1.54, 1.807) is 0 Å². The average Bonchev–Trinajstić information content (AvgIpc) is 3.47. The van der Waals surface area contributed by atoms with Crippen LogP contribution in [0.25, 0.3) is 0 Å². The molecule has 0 aromatic carbocycles. The van der Waals surface area contributed by atoms with Crippen LogP contribution in [0, 0.1) is 0 Å². The summed E-state index contributed by atoms with van der Waals surface area (Å²) in [5.74, 6) is -0.709. The fourth-order valence-electron chi connectivity index (χ4n) is 10.8. The highest BCUT2D eigenvalue weighted by Crippen LogP contribution is 2.24. The van der Waals surface area contributed by atoms with Crippen molar-refractivity contribution in [2.75, 3.05) is 13.2 Å². The molecule has 0 aliphatic carbocycles. The first-order chi connectivity index (χ1) is 39.2. The minimum atomic E-state index is -1.67. The molecule has 0 aromatic heterocycles. The molecule has 9 unspecified atom stereocenters. The predicted octanol–water partition coefficient (Wildman–Crippen LogP) is 16.0. The molecule has 11 heteroatoms. The third-order valence-corrected chi connectivity index (χ3v) is 16.3. The lowest BCUT2D eigenvalue weighted by Crippen LogP contribution is -2.60. The SMILES string of the molecule is CCCCCCCC/C=C/CC/C=C/CC/C=C/CCCC(O)C(O)C(COC1OC(CO)C(O)C(O)C1O)NC(=O)C(O)CCCCCCCCCCCCCCCCCC/C=C\CCCCCCCCCCCCCCCC. The van der Waals surface area contributed by atoms with E-state index in [-0.39, 0.29) is 12.8 Å². The lowest BCUT2D eigenvalue weighted by molar-refractivity contribution is -0.303. The molecule has 470 valence electrons. The predicted molar refractivity (Wildman–Crippen MR) is 335 cm³/mol. The molecule has 1 fully saturated rings. The quantitative estimate of drug-likeness (QED) is 0.0215. The van der Waals surface area contributed by atoms with E-state index < -0.39 is 74.2 Å². The number of rotatable bonds is 59. The van der Waals surface area contributed by atoms with Crippen LogP contribution in [0.2, 0.25) is 0 Å². The fourth-order valence-corrected chi connectivity index (χ4v) is 10.8. The van der Waals surface area contributed by atoms with Crippen molar-refractivity contribution in [2.45, 2.75) is 371 Å². The number of amides is 1. The van der Waals surface area contributed by atoms with Crippen LogP contribution < -0.4 is 5.32 Å². The number of unbranched alkanes of at least 4 members (excludes halogenated alkanes) is 39. The monoisotopic (exact) mass is 1130 g/mol. The summed E-state index contributed by atoms with van der Waals surface area (Å²) in [5, 5.41) is 76.3. The van der Waals surface area contributed by atoms with E-state index in [2.05, 4.69) is 67.8 Å². The van der Waals surface area contributed by atoms with Gasteiger partial charge in [-0.25, -0.2) is 0 Å². The van der Waals surface area contributed by atoms with Gasteiger partial charge in [0, 0.05) is 0 Å². The Bertz CT molecular complexity index is 1440. The molecule has 80 heavy (non-hydrogen) atoms. The first-order valence-electron chi connectivity index (χ1n) is 34.0. The van der Waals surface area contributed by atoms with Crippen molar-refractivity contribution in [2.24, 2.45) is 0 Å². The van der Waals surface area contributed by atoms with Crippen LogP contribution in [0.3, 0.4) is 0 Å². The van der Waals surface area contributed by atoms with Gasteiger partial charge in [0.05, 0.1) is 25.4 Å². The number of carbonyl (C=O) groups excluding carboxylic acids is 1. The molecule has 1 heterocycles. The Morgan fingerprint density at radius 2 is 0.750 bits per heavy atom. The van der Waals surface area contributed by atoms with Gasteiger partial charge in [-0.3, -0.25) is 4.79 Å². The Morgan fingerprint density at radius 1 is 0.425 bits per heavy atom. The zero-order valence-corrected chi connectivity index (χ0v) is 51.8. The number of hydrogen-bond acceptors (Lipinski definition) is 10. The zero-order valence-electron chi connectivity index (χ0n) is 51.8. The van der Waals surface area contributed by atoms with Crippen molar-refractivity contribution in [3.63, 3.8) is 0 Å². The summed E-state index contributed by atoms with van der Waals surface area (Å²) in [6.07, 6.45) is 63.4. The standard InChI is InChI=1S/C69H129NO10/c1-3-5-7-9-11-13-15-17-19-21-23-24-25-26-27-28-29-30-31-32-33-34-35-36-37-39-41-43-45-47-49-51-53-55-57-62(73)68(78)70-60(59-79-69-67(77)66(76)65(75)63(58-71)80-69)64(74)61(72)56-54-52-50-48-46-44-42-40-38-22-20-18-16-14-12-10-8-6-4-2/h18,20,28-29,40,42,48,50,60-67,69,71-77H,3-17,19,21-27,30-39,41,43-47,49,51-59H2,1-2H3,(H,70,78)/b20-18+,29-28-,42-40+,50-48+. The molecule has 8 N–H and O–H groups in total. The van der Waals surface area contributed by atoms with Gasteiger partial charge in [0.25, 0.3) is 0 Å². The van der Waals surface area contributed by atoms with Crippen LogP contribution >= 0.6 is 0 Å². The summed E-state index contributed by atoms with van der Waals surface area (Å²) in [6.45, 7) is 3.46. The van der Waals surface area contributed by atoms with Crippen LogP contribution in [0.5, 0.6) is 0 Å². The van der Waals surface area contributed by atoms with E-state index in [0.717, 1.165) is 44.9 Å². The maximum Gasteiger partial charge on any atom is 0.249 e. The molecule has 0 aromatic rings. The van der Waals surface area contributed by atoms with Crippen LogP contribution in [-0.2, 0) is 14.3 Å². The number of aliphatic hydroxyl groups is 7. The van der Waals surface area contributed by atoms with E-state index in [1.807, 2.05) is 0 Å². The Balaban J connectivity index is 2.20. The molecule has 1 amide bonds. The summed E-state index contributed by atoms with van der Waals surface area (Å²) in [5.41, 5.74) is 0. The van der Waals surface area contributed by atoms with Crippen molar-refractivity contribution in [1.82, 2.24) is 5.32 Å². The van der Waals surface area contributed by atoms with Crippen molar-refractivity contribution in [1.29, 1.82) is 0 Å². The highest BCUT2D eigenvalue weighted by atomic mass is 16.7. The Labute approximate surface area is 491 Å². The molecule has 1 rings (SSSR count). The molecule has 1 saturated heterocycles. The van der Waals surface area contributed by atoms with E-state index >= 15 is 0 Å². The zero-order chi connectivity index (χ0) is 58.2. The molecule has 1 aliphatic rings. The number of hydrogen-bond donors (Lipinski definition) is 8. The number of nitrogens with one attached hydrogen (secondary N) is 1. The van der Waals surface area contributed by atoms with Gasteiger partial charge in [0.15, 0.2) is 6.29 Å². The average molecular weight is 1130 g/mol. The smallest absolute Gasteiger partial charge is 0.249 e. The number of ether oxygens (including phenoxy) is 2. The fraction of sp³-hybridized carbons (Fsp3) is 0.870. The van der Waals surface area contributed by atoms with Crippen molar-refractivity contribution < 1.29 is 50.0 Å². The molecule has 1 aliphatic heterocycles. The van der Waals surface area contributed by atoms with Gasteiger partial charge in [-0.05, 0) is 89.9 Å². The van der Waals surface area contributed by atoms with Crippen LogP contribution in [0.4, 0.5) is 0 Å². The lowest BCUT2D eigenvalue weighted by atomic mass is 9.98. The van der Waals surface area contributed by atoms with Gasteiger partial charge >= 0.3 is 0 Å². The Kier molecular flexibility index (Phi) is 54.7. The minimum Gasteiger partial charge on any atom is -0.394 e. The molecule has 0 bridgehead atoms. The second-order valence-corrected chi connectivity index (χ2v) is 23.9. The number of allylic oxidation sites excluding steroid dienone is 8. The van der Waals surface area contributed by atoms with Crippen LogP contribution in [-0.4, -0.2) is 110 Å². The Morgan fingerprint density at radius 3 is 1.11 bits per heavy atom. The molecular weight excluding hydrogens is 1000 g/mol. The molecule has 0 spiro atoms. The van der Waals surface area contributed by atoms with Crippen LogP contribution in [0.1, 0.15) is 316 Å². The maximum absolute atomic E-state index is 13.2. The minimum absolute atomic E-state index is 0.241. The van der Waals surface area contributed by atoms with Crippen molar-refractivity contribution in [3.8, 4) is 0 Å². The lowest BCUT2D eigenvalue weighted by Gasteiger charge is -2.40. The summed E-state index contributed by atoms with van der Waals surface area (Å²) in [4.78, 5) is 13.2. The van der Waals surface area contributed by atoms with E-state index in [0.29, 0.717) is 19.3 Å². The van der Waals surface area contributed by atoms with Gasteiger partial charge in [-0.15, -0.1) is 0 Å². The summed E-state index contributed by atoms with van der Waals surface area (Å²) in [6, 6.07) is -1.20. The van der Waals surface area contributed by atoms with Gasteiger partial charge in [-0.1, -0.05) is 274 Å². The van der Waals surface area contributed by atoms with E-state index in [4.69, 9.17) is 9.47 Å². The number of aliphatic hydroxyl groups excluding tert-OH is 7. The second-order valence-electron chi connectivity index (χ2n) is 23.9. The Hall–Kier alpha value is -1.93. The summed E-state index contributed by atoms with van der Waals surface area (Å²) < 4.78 is 11.2. The molecule has 0 radical (unpaired) electrons. The topological polar surface area (TPSA) is 189 Å². The van der Waals surface area contributed by atoms with Crippen molar-refractivity contribution >= 4 is 5.91 Å². The van der Waals surface area contributed by atoms with E-state index in [1.165, 1.54) is 225 Å². The first kappa shape index (κ1) is 76.1. The van der Waals surface area contributed by atoms with Crippen molar-refractivity contribution in [3.05, 3.63) is 48.6 Å². The number of carbonyl (C=O) groups is 1. The molecular formula is C69H129NO10. The molecule has 11 nitrogen and oxygen atoms in total. The third-order valence-electron chi connectivity index (χ3n) is 16.3. The first-order valence-corrected chi connectivity index (χ1v) is 34.0. The summed E-state index contributed by atoms with van der Waals surface area (Å²) >= 11 is 0. The normalized spacial score (nSPS) is 19.5. The maximum atomic E-state index is 13.2. The van der Waals surface area contributed by atoms with Gasteiger partial charge in [0.2, 0.25) is 5.91 Å². The highest BCUT2D eigenvalue weighted by Gasteiger charge is 2.44. The second kappa shape index (κ2) is 57.5. The summed E-state index contributed by atoms with van der Waals surface area (Å²) in [7, 11) is 0. The largest absolute Gasteiger partial charge is 0.394 e. The van der Waals surface area contributed by atoms with Crippen LogP contribution in [0.15, 0.2) is 48.6 Å². The third kappa shape index (κ3) is 44.6.